The van der Waals surface area contributed by atoms with Gasteiger partial charge in [0.15, 0.2) is 0 Å². The van der Waals surface area contributed by atoms with Gasteiger partial charge in [-0.1, -0.05) is 84.4 Å². The Hall–Kier alpha value is -3.15. The smallest absolute Gasteiger partial charge is 0.326 e. The zero-order valence-electron chi connectivity index (χ0n) is 20.4. The molecule has 188 valence electrons. The number of carboxylic acid groups (broad SMARTS) is 1. The van der Waals surface area contributed by atoms with Crippen LogP contribution in [0.1, 0.15) is 55.2 Å². The zero-order valence-corrected chi connectivity index (χ0v) is 21.2. The summed E-state index contributed by atoms with van der Waals surface area (Å²) in [4.78, 5) is 28.2. The lowest BCUT2D eigenvalue weighted by molar-refractivity contribution is -0.156. The van der Waals surface area contributed by atoms with E-state index < -0.39 is 17.9 Å². The fourth-order valence-electron chi connectivity index (χ4n) is 5.12. The van der Waals surface area contributed by atoms with Gasteiger partial charge in [0.2, 0.25) is 5.91 Å². The van der Waals surface area contributed by atoms with Gasteiger partial charge in [-0.2, -0.15) is 0 Å². The van der Waals surface area contributed by atoms with Crippen LogP contribution < -0.4 is 0 Å². The Morgan fingerprint density at radius 3 is 2.19 bits per heavy atom. The molecule has 0 aliphatic carbocycles. The van der Waals surface area contributed by atoms with Crippen molar-refractivity contribution < 1.29 is 19.4 Å². The van der Waals surface area contributed by atoms with Crippen LogP contribution in [-0.2, 0) is 20.9 Å². The molecule has 1 aliphatic rings. The third-order valence-electron chi connectivity index (χ3n) is 6.82. The molecule has 1 unspecified atom stereocenters. The van der Waals surface area contributed by atoms with Gasteiger partial charge in [0, 0.05) is 11.1 Å². The summed E-state index contributed by atoms with van der Waals surface area (Å²) in [6.45, 7) is 2.38. The first-order valence-electron chi connectivity index (χ1n) is 12.4. The van der Waals surface area contributed by atoms with E-state index in [1.54, 1.807) is 4.90 Å². The van der Waals surface area contributed by atoms with Crippen molar-refractivity contribution in [1.29, 1.82) is 0 Å². The molecule has 0 saturated carbocycles. The van der Waals surface area contributed by atoms with Gasteiger partial charge in [-0.3, -0.25) is 4.79 Å². The van der Waals surface area contributed by atoms with Crippen LogP contribution in [0.4, 0.5) is 0 Å². The van der Waals surface area contributed by atoms with E-state index in [0.717, 1.165) is 29.5 Å². The van der Waals surface area contributed by atoms with Gasteiger partial charge < -0.3 is 14.7 Å². The molecule has 0 bridgehead atoms. The maximum Gasteiger partial charge on any atom is 0.326 e. The van der Waals surface area contributed by atoms with Crippen molar-refractivity contribution in [3.05, 3.63) is 107 Å². The van der Waals surface area contributed by atoms with Gasteiger partial charge in [0.05, 0.1) is 18.6 Å². The van der Waals surface area contributed by atoms with Gasteiger partial charge in [0.25, 0.3) is 0 Å². The number of ether oxygens (including phenoxy) is 1. The van der Waals surface area contributed by atoms with E-state index in [1.807, 2.05) is 91.9 Å². The summed E-state index contributed by atoms with van der Waals surface area (Å²) in [7, 11) is 0. The molecule has 6 heteroatoms. The Morgan fingerprint density at radius 2 is 1.61 bits per heavy atom. The second-order valence-corrected chi connectivity index (χ2v) is 9.86. The molecular weight excluding hydrogens is 474 g/mol. The second kappa shape index (κ2) is 12.2. The number of rotatable bonds is 9. The monoisotopic (exact) mass is 505 g/mol. The van der Waals surface area contributed by atoms with Crippen LogP contribution in [0.15, 0.2) is 84.9 Å². The predicted octanol–water partition coefficient (Wildman–Crippen LogP) is 6.30. The molecule has 5 nitrogen and oxygen atoms in total. The highest BCUT2D eigenvalue weighted by atomic mass is 35.5. The Labute approximate surface area is 217 Å². The van der Waals surface area contributed by atoms with Crippen LogP contribution in [0.3, 0.4) is 0 Å². The van der Waals surface area contributed by atoms with Crippen LogP contribution in [-0.4, -0.2) is 40.1 Å². The number of hydrogen-bond acceptors (Lipinski definition) is 3. The molecule has 1 aliphatic heterocycles. The number of hydrogen-bond donors (Lipinski definition) is 1. The molecule has 1 N–H and O–H groups in total. The maximum absolute atomic E-state index is 14.2. The summed E-state index contributed by atoms with van der Waals surface area (Å²) in [5.41, 5.74) is 2.68. The van der Waals surface area contributed by atoms with Crippen molar-refractivity contribution in [3.8, 4) is 0 Å². The maximum atomic E-state index is 14.2. The van der Waals surface area contributed by atoms with E-state index in [9.17, 15) is 14.7 Å². The van der Waals surface area contributed by atoms with Gasteiger partial charge in [-0.15, -0.1) is 0 Å². The van der Waals surface area contributed by atoms with Crippen molar-refractivity contribution in [2.45, 2.75) is 63.3 Å². The van der Waals surface area contributed by atoms with Gasteiger partial charge in [-0.05, 0) is 61.4 Å². The Bertz CT molecular complexity index is 1110. The zero-order chi connectivity index (χ0) is 25.5. The van der Waals surface area contributed by atoms with Crippen molar-refractivity contribution in [1.82, 2.24) is 4.90 Å². The van der Waals surface area contributed by atoms with E-state index >= 15 is 0 Å². The third-order valence-corrected chi connectivity index (χ3v) is 7.06. The number of likely N-dealkylation sites (tertiary alicyclic amines) is 1. The lowest BCUT2D eigenvalue weighted by atomic mass is 9.85. The number of amides is 1. The van der Waals surface area contributed by atoms with Gasteiger partial charge in [0.1, 0.15) is 6.04 Å². The molecule has 1 heterocycles. The van der Waals surface area contributed by atoms with E-state index in [4.69, 9.17) is 16.3 Å². The number of carbonyl (C=O) groups excluding carboxylic acids is 1. The molecule has 0 radical (unpaired) electrons. The summed E-state index contributed by atoms with van der Waals surface area (Å²) >= 11 is 6.09. The highest BCUT2D eigenvalue weighted by molar-refractivity contribution is 6.30. The number of benzene rings is 3. The number of nitrogens with zero attached hydrogens (tertiary/aromatic N) is 1. The first-order chi connectivity index (χ1) is 17.4. The molecule has 0 spiro atoms. The number of carbonyl (C=O) groups is 2. The molecule has 1 fully saturated rings. The lowest BCUT2D eigenvalue weighted by Gasteiger charge is -2.43. The van der Waals surface area contributed by atoms with Crippen molar-refractivity contribution in [2.24, 2.45) is 0 Å². The van der Waals surface area contributed by atoms with Crippen molar-refractivity contribution >= 4 is 23.5 Å². The highest BCUT2D eigenvalue weighted by Gasteiger charge is 2.42. The van der Waals surface area contributed by atoms with Crippen molar-refractivity contribution in [2.75, 3.05) is 0 Å². The Balaban J connectivity index is 1.59. The second-order valence-electron chi connectivity index (χ2n) is 9.43. The van der Waals surface area contributed by atoms with Crippen molar-refractivity contribution in [3.63, 3.8) is 0 Å². The summed E-state index contributed by atoms with van der Waals surface area (Å²) in [5.74, 6) is -1.70. The Morgan fingerprint density at radius 1 is 0.972 bits per heavy atom. The average molecular weight is 506 g/mol. The van der Waals surface area contributed by atoms with Crippen LogP contribution in [0, 0.1) is 0 Å². The lowest BCUT2D eigenvalue weighted by Crippen LogP contribution is -2.55. The largest absolute Gasteiger partial charge is 0.480 e. The summed E-state index contributed by atoms with van der Waals surface area (Å²) in [5, 5.41) is 10.7. The first-order valence-corrected chi connectivity index (χ1v) is 12.8. The molecule has 36 heavy (non-hydrogen) atoms. The van der Waals surface area contributed by atoms with Crippen LogP contribution in [0.5, 0.6) is 0 Å². The minimum atomic E-state index is -0.958. The van der Waals surface area contributed by atoms with E-state index in [0.29, 0.717) is 24.5 Å². The molecule has 3 aromatic rings. The van der Waals surface area contributed by atoms with Gasteiger partial charge in [-0.25, -0.2) is 4.79 Å². The minimum Gasteiger partial charge on any atom is -0.480 e. The Kier molecular flexibility index (Phi) is 8.79. The summed E-state index contributed by atoms with van der Waals surface area (Å²) < 4.78 is 6.10. The number of carboxylic acids is 1. The number of halogens is 1. The fraction of sp³-hybridized carbons (Fsp3) is 0.333. The van der Waals surface area contributed by atoms with Crippen LogP contribution >= 0.6 is 11.6 Å². The molecule has 1 amide bonds. The summed E-state index contributed by atoms with van der Waals surface area (Å²) in [6.07, 6.45) is 2.35. The highest BCUT2D eigenvalue weighted by Crippen LogP contribution is 2.34. The summed E-state index contributed by atoms with van der Waals surface area (Å²) in [6, 6.07) is 25.7. The van der Waals surface area contributed by atoms with Crippen LogP contribution in [0.25, 0.3) is 0 Å². The minimum absolute atomic E-state index is 0.163. The molecular formula is C30H32ClNO4. The number of piperidine rings is 1. The normalized spacial score (nSPS) is 18.7. The van der Waals surface area contributed by atoms with E-state index in [-0.39, 0.29) is 18.1 Å². The molecule has 1 saturated heterocycles. The SMILES string of the molecule is CC(C[C@@H]1CCC[C@@H](C(=O)O)N1C(=O)C(c1ccccc1)c1ccccc1)OCc1cccc(Cl)c1. The quantitative estimate of drug-likeness (QED) is 0.370. The van der Waals surface area contributed by atoms with E-state index in [2.05, 4.69) is 0 Å². The fourth-order valence-corrected chi connectivity index (χ4v) is 5.33. The standard InChI is InChI=1S/C30H32ClNO4/c1-21(36-20-22-10-8-15-25(31)19-22)18-26-16-9-17-27(30(34)35)32(26)29(33)28(23-11-4-2-5-12-23)24-13-6-3-7-14-24/h2-8,10-15,19,21,26-28H,9,16-18,20H2,1H3,(H,34,35)/t21?,26-,27-/m0/s1. The first kappa shape index (κ1) is 25.9. The molecule has 3 aromatic carbocycles. The molecule has 4 rings (SSSR count). The molecule has 3 atom stereocenters. The third kappa shape index (κ3) is 6.34. The number of aliphatic carboxylic acids is 1. The van der Waals surface area contributed by atoms with Gasteiger partial charge >= 0.3 is 5.97 Å². The van der Waals surface area contributed by atoms with E-state index in [1.165, 1.54) is 0 Å². The average Bonchev–Trinajstić information content (AvgIpc) is 2.89. The topological polar surface area (TPSA) is 66.8 Å². The van der Waals surface area contributed by atoms with Crippen LogP contribution in [0.2, 0.25) is 5.02 Å². The predicted molar refractivity (Wildman–Crippen MR) is 141 cm³/mol. The molecule has 0 aromatic heterocycles.